The third-order valence-corrected chi connectivity index (χ3v) is 4.22. The maximum Gasteiger partial charge on any atom is 0.278 e. The van der Waals surface area contributed by atoms with Crippen LogP contribution in [0.25, 0.3) is 5.57 Å². The van der Waals surface area contributed by atoms with Crippen LogP contribution in [0.1, 0.15) is 18.9 Å². The Hall–Kier alpha value is -2.99. The van der Waals surface area contributed by atoms with E-state index in [4.69, 9.17) is 4.74 Å². The number of imide groups is 1. The van der Waals surface area contributed by atoms with Crippen LogP contribution in [0, 0.1) is 5.82 Å². The average Bonchev–Trinajstić information content (AvgIpc) is 2.91. The van der Waals surface area contributed by atoms with Gasteiger partial charge in [-0.05, 0) is 43.2 Å². The molecular formula is C21H21FN2O3. The second-order valence-corrected chi connectivity index (χ2v) is 6.06. The van der Waals surface area contributed by atoms with Crippen LogP contribution in [-0.4, -0.2) is 36.5 Å². The molecule has 0 aliphatic carbocycles. The Balaban J connectivity index is 1.92. The molecule has 3 rings (SSSR count). The van der Waals surface area contributed by atoms with Crippen molar-refractivity contribution in [2.75, 3.05) is 25.1 Å². The highest BCUT2D eigenvalue weighted by Crippen LogP contribution is 2.30. The summed E-state index contributed by atoms with van der Waals surface area (Å²) in [5.74, 6) is -1.18. The van der Waals surface area contributed by atoms with Gasteiger partial charge in [-0.25, -0.2) is 4.39 Å². The summed E-state index contributed by atoms with van der Waals surface area (Å²) in [6.45, 7) is 3.22. The monoisotopic (exact) mass is 368 g/mol. The van der Waals surface area contributed by atoms with E-state index in [2.05, 4.69) is 5.32 Å². The maximum absolute atomic E-state index is 13.3. The molecule has 27 heavy (non-hydrogen) atoms. The van der Waals surface area contributed by atoms with E-state index in [1.165, 1.54) is 29.2 Å². The Morgan fingerprint density at radius 2 is 1.70 bits per heavy atom. The number of hydrogen-bond acceptors (Lipinski definition) is 4. The number of anilines is 1. The van der Waals surface area contributed by atoms with Crippen LogP contribution in [0.5, 0.6) is 0 Å². The molecule has 1 heterocycles. The third-order valence-electron chi connectivity index (χ3n) is 4.22. The molecule has 2 aromatic rings. The van der Waals surface area contributed by atoms with Crippen LogP contribution in [0.4, 0.5) is 10.1 Å². The fraction of sp³-hybridized carbons (Fsp3) is 0.238. The van der Waals surface area contributed by atoms with Crippen molar-refractivity contribution in [1.82, 2.24) is 4.90 Å². The van der Waals surface area contributed by atoms with Gasteiger partial charge >= 0.3 is 0 Å². The van der Waals surface area contributed by atoms with Crippen LogP contribution >= 0.6 is 0 Å². The summed E-state index contributed by atoms with van der Waals surface area (Å²) >= 11 is 0. The first-order valence-corrected chi connectivity index (χ1v) is 8.88. The van der Waals surface area contributed by atoms with Crippen molar-refractivity contribution in [3.8, 4) is 0 Å². The summed E-state index contributed by atoms with van der Waals surface area (Å²) < 4.78 is 18.6. The average molecular weight is 368 g/mol. The smallest absolute Gasteiger partial charge is 0.278 e. The van der Waals surface area contributed by atoms with Gasteiger partial charge in [-0.3, -0.25) is 14.5 Å². The molecule has 0 radical (unpaired) electrons. The lowest BCUT2D eigenvalue weighted by Crippen LogP contribution is -2.34. The SMILES string of the molecule is CCOCCCN1C(=O)C(Nc2ccccc2)=C(c2ccc(F)cc2)C1=O. The molecule has 1 aliphatic rings. The van der Waals surface area contributed by atoms with Crippen molar-refractivity contribution < 1.29 is 18.7 Å². The molecule has 2 amide bonds. The largest absolute Gasteiger partial charge is 0.382 e. The fourth-order valence-corrected chi connectivity index (χ4v) is 2.91. The highest BCUT2D eigenvalue weighted by atomic mass is 19.1. The molecular weight excluding hydrogens is 347 g/mol. The van der Waals surface area contributed by atoms with Crippen LogP contribution in [0.2, 0.25) is 0 Å². The second-order valence-electron chi connectivity index (χ2n) is 6.06. The van der Waals surface area contributed by atoms with Gasteiger partial charge in [0.15, 0.2) is 0 Å². The van der Waals surface area contributed by atoms with Crippen molar-refractivity contribution in [2.24, 2.45) is 0 Å². The van der Waals surface area contributed by atoms with Crippen molar-refractivity contribution in [1.29, 1.82) is 0 Å². The predicted molar refractivity (Wildman–Crippen MR) is 101 cm³/mol. The minimum absolute atomic E-state index is 0.203. The van der Waals surface area contributed by atoms with E-state index in [0.717, 1.165) is 0 Å². The first-order valence-electron chi connectivity index (χ1n) is 8.88. The molecule has 1 N–H and O–H groups in total. The number of amides is 2. The summed E-state index contributed by atoms with van der Waals surface area (Å²) in [5, 5.41) is 3.06. The number of carbonyl (C=O) groups is 2. The first kappa shape index (κ1) is 18.8. The molecule has 5 nitrogen and oxygen atoms in total. The van der Waals surface area contributed by atoms with Crippen LogP contribution < -0.4 is 5.32 Å². The number of carbonyl (C=O) groups excluding carboxylic acids is 2. The summed E-state index contributed by atoms with van der Waals surface area (Å²) in [4.78, 5) is 27.1. The van der Waals surface area contributed by atoms with Gasteiger partial charge in [-0.2, -0.15) is 0 Å². The molecule has 0 spiro atoms. The zero-order valence-electron chi connectivity index (χ0n) is 15.1. The first-order chi connectivity index (χ1) is 13.1. The van der Waals surface area contributed by atoms with E-state index in [9.17, 15) is 14.0 Å². The number of benzene rings is 2. The molecule has 1 aliphatic heterocycles. The molecule has 6 heteroatoms. The zero-order chi connectivity index (χ0) is 19.2. The van der Waals surface area contributed by atoms with Crippen LogP contribution in [-0.2, 0) is 14.3 Å². The van der Waals surface area contributed by atoms with E-state index < -0.39 is 5.82 Å². The van der Waals surface area contributed by atoms with Gasteiger partial charge in [-0.15, -0.1) is 0 Å². The molecule has 140 valence electrons. The molecule has 0 saturated carbocycles. The minimum Gasteiger partial charge on any atom is -0.382 e. The van der Waals surface area contributed by atoms with Gasteiger partial charge in [0.2, 0.25) is 0 Å². The third kappa shape index (κ3) is 4.23. The lowest BCUT2D eigenvalue weighted by molar-refractivity contribution is -0.137. The van der Waals surface area contributed by atoms with Gasteiger partial charge in [0, 0.05) is 25.4 Å². The van der Waals surface area contributed by atoms with E-state index >= 15 is 0 Å². The number of rotatable bonds is 8. The van der Waals surface area contributed by atoms with Gasteiger partial charge in [0.25, 0.3) is 11.8 Å². The lowest BCUT2D eigenvalue weighted by atomic mass is 10.0. The molecule has 2 aromatic carbocycles. The normalized spacial score (nSPS) is 14.2. The number of ether oxygens (including phenoxy) is 1. The quantitative estimate of drug-likeness (QED) is 0.573. The lowest BCUT2D eigenvalue weighted by Gasteiger charge is -2.15. The van der Waals surface area contributed by atoms with Crippen LogP contribution in [0.3, 0.4) is 0 Å². The number of nitrogens with one attached hydrogen (secondary N) is 1. The van der Waals surface area contributed by atoms with Crippen molar-refractivity contribution in [2.45, 2.75) is 13.3 Å². The summed E-state index contributed by atoms with van der Waals surface area (Å²) in [5.41, 5.74) is 1.65. The van der Waals surface area contributed by atoms with E-state index in [1.807, 2.05) is 37.3 Å². The van der Waals surface area contributed by atoms with Crippen molar-refractivity contribution >= 4 is 23.1 Å². The highest BCUT2D eigenvalue weighted by molar-refractivity contribution is 6.36. The molecule has 0 aromatic heterocycles. The van der Waals surface area contributed by atoms with Crippen molar-refractivity contribution in [3.63, 3.8) is 0 Å². The number of nitrogens with zero attached hydrogens (tertiary/aromatic N) is 1. The van der Waals surface area contributed by atoms with Gasteiger partial charge in [-0.1, -0.05) is 30.3 Å². The molecule has 0 fully saturated rings. The van der Waals surface area contributed by atoms with Gasteiger partial charge in [0.1, 0.15) is 11.5 Å². The minimum atomic E-state index is -0.401. The number of halogens is 1. The number of para-hydroxylation sites is 1. The Bertz CT molecular complexity index is 847. The molecule has 0 saturated heterocycles. The standard InChI is InChI=1S/C21H21FN2O3/c1-2-27-14-6-13-24-20(25)18(15-9-11-16(22)12-10-15)19(21(24)26)23-17-7-4-3-5-8-17/h3-5,7-12,23H,2,6,13-14H2,1H3. The highest BCUT2D eigenvalue weighted by Gasteiger charge is 2.38. The van der Waals surface area contributed by atoms with Gasteiger partial charge < -0.3 is 10.1 Å². The predicted octanol–water partition coefficient (Wildman–Crippen LogP) is 3.44. The van der Waals surface area contributed by atoms with E-state index in [-0.39, 0.29) is 29.6 Å². The van der Waals surface area contributed by atoms with Gasteiger partial charge in [0.05, 0.1) is 5.57 Å². The Morgan fingerprint density at radius 1 is 1.00 bits per heavy atom. The summed E-state index contributed by atoms with van der Waals surface area (Å²) in [7, 11) is 0. The topological polar surface area (TPSA) is 58.6 Å². The second kappa shape index (κ2) is 8.60. The number of hydrogen-bond donors (Lipinski definition) is 1. The Labute approximate surface area is 157 Å². The molecule has 0 unspecified atom stereocenters. The Kier molecular flexibility index (Phi) is 5.98. The molecule has 0 bridgehead atoms. The van der Waals surface area contributed by atoms with E-state index in [0.29, 0.717) is 30.9 Å². The maximum atomic E-state index is 13.3. The van der Waals surface area contributed by atoms with Crippen molar-refractivity contribution in [3.05, 3.63) is 71.7 Å². The Morgan fingerprint density at radius 3 is 2.37 bits per heavy atom. The summed E-state index contributed by atoms with van der Waals surface area (Å²) in [6.07, 6.45) is 0.556. The fourth-order valence-electron chi connectivity index (χ4n) is 2.91. The van der Waals surface area contributed by atoms with Crippen LogP contribution in [0.15, 0.2) is 60.3 Å². The summed E-state index contributed by atoms with van der Waals surface area (Å²) in [6, 6.07) is 14.7. The molecule has 0 atom stereocenters. The van der Waals surface area contributed by atoms with E-state index in [1.54, 1.807) is 0 Å². The zero-order valence-corrected chi connectivity index (χ0v) is 15.1.